The van der Waals surface area contributed by atoms with E-state index in [0.29, 0.717) is 16.8 Å². The second kappa shape index (κ2) is 7.95. The van der Waals surface area contributed by atoms with Gasteiger partial charge in [0.25, 0.3) is 0 Å². The van der Waals surface area contributed by atoms with Crippen LogP contribution in [0.25, 0.3) is 11.4 Å². The number of alkyl halides is 3. The predicted octanol–water partition coefficient (Wildman–Crippen LogP) is 4.06. The predicted molar refractivity (Wildman–Crippen MR) is 103 cm³/mol. The van der Waals surface area contributed by atoms with Crippen molar-refractivity contribution in [3.8, 4) is 17.5 Å². The van der Waals surface area contributed by atoms with Gasteiger partial charge in [0.05, 0.1) is 22.8 Å². The Morgan fingerprint density at radius 2 is 1.62 bits per heavy atom. The van der Waals surface area contributed by atoms with Gasteiger partial charge in [0, 0.05) is 17.5 Å². The molecule has 146 valence electrons. The van der Waals surface area contributed by atoms with Crippen molar-refractivity contribution in [2.75, 3.05) is 10.7 Å². The van der Waals surface area contributed by atoms with E-state index in [9.17, 15) is 13.2 Å². The number of nitrogens with zero attached hydrogens (tertiary/aromatic N) is 3. The molecule has 7 nitrogen and oxygen atoms in total. The zero-order valence-electron chi connectivity index (χ0n) is 14.7. The Morgan fingerprint density at radius 3 is 2.14 bits per heavy atom. The van der Waals surface area contributed by atoms with Gasteiger partial charge in [-0.25, -0.2) is 15.8 Å². The van der Waals surface area contributed by atoms with Gasteiger partial charge in [0.1, 0.15) is 5.82 Å². The van der Waals surface area contributed by atoms with Crippen molar-refractivity contribution in [3.05, 3.63) is 65.2 Å². The highest BCUT2D eigenvalue weighted by Gasteiger charge is 2.30. The van der Waals surface area contributed by atoms with Gasteiger partial charge in [-0.3, -0.25) is 0 Å². The number of nitrogens with one attached hydrogen (secondary N) is 3. The van der Waals surface area contributed by atoms with E-state index in [1.807, 2.05) is 6.07 Å². The fraction of sp³-hybridized carbons (Fsp3) is 0.0526. The fourth-order valence-corrected chi connectivity index (χ4v) is 2.51. The average molecular weight is 397 g/mol. The number of aromatic nitrogens is 2. The second-order valence-corrected chi connectivity index (χ2v) is 5.84. The third kappa shape index (κ3) is 4.31. The first-order valence-corrected chi connectivity index (χ1v) is 8.19. The van der Waals surface area contributed by atoms with Gasteiger partial charge in [-0.05, 0) is 36.4 Å². The van der Waals surface area contributed by atoms with Crippen LogP contribution in [-0.2, 0) is 6.18 Å². The summed E-state index contributed by atoms with van der Waals surface area (Å²) in [5.41, 5.74) is 3.25. The number of halogens is 3. The molecule has 0 saturated heterocycles. The molecule has 0 unspecified atom stereocenters. The van der Waals surface area contributed by atoms with Crippen molar-refractivity contribution in [2.45, 2.75) is 6.18 Å². The molecule has 0 radical (unpaired) electrons. The van der Waals surface area contributed by atoms with E-state index in [-0.39, 0.29) is 23.0 Å². The summed E-state index contributed by atoms with van der Waals surface area (Å²) in [6, 6.07) is 12.9. The van der Waals surface area contributed by atoms with E-state index in [1.54, 1.807) is 24.3 Å². The molecular formula is C19H14F3N7. The first-order valence-electron chi connectivity index (χ1n) is 8.19. The van der Waals surface area contributed by atoms with E-state index < -0.39 is 11.7 Å². The van der Waals surface area contributed by atoms with Crippen LogP contribution in [0.1, 0.15) is 16.7 Å². The molecule has 10 heteroatoms. The molecule has 0 bridgehead atoms. The monoisotopic (exact) mass is 397 g/mol. The molecule has 0 aliphatic carbocycles. The zero-order chi connectivity index (χ0) is 21.0. The third-order valence-corrected chi connectivity index (χ3v) is 3.97. The summed E-state index contributed by atoms with van der Waals surface area (Å²) in [4.78, 5) is 8.53. The smallest absolute Gasteiger partial charge is 0.339 e. The highest BCUT2D eigenvalue weighted by molar-refractivity contribution is 5.92. The number of rotatable bonds is 5. The number of hydrazine groups is 1. The maximum Gasteiger partial charge on any atom is 0.416 e. The molecule has 0 amide bonds. The van der Waals surface area contributed by atoms with Crippen LogP contribution in [0.15, 0.2) is 48.5 Å². The van der Waals surface area contributed by atoms with Crippen LogP contribution in [0.4, 0.5) is 30.5 Å². The van der Waals surface area contributed by atoms with Crippen LogP contribution in [0.5, 0.6) is 0 Å². The molecule has 1 aromatic heterocycles. The largest absolute Gasteiger partial charge is 0.416 e. The molecule has 3 rings (SSSR count). The molecule has 0 atom stereocenters. The maximum absolute atomic E-state index is 12.8. The molecule has 0 saturated carbocycles. The highest BCUT2D eigenvalue weighted by Crippen LogP contribution is 2.31. The Kier molecular flexibility index (Phi) is 5.43. The molecule has 5 N–H and O–H groups in total. The van der Waals surface area contributed by atoms with Crippen molar-refractivity contribution in [1.29, 1.82) is 10.7 Å². The summed E-state index contributed by atoms with van der Waals surface area (Å²) in [7, 11) is 0. The first kappa shape index (κ1) is 19.8. The molecule has 2 aromatic carbocycles. The summed E-state index contributed by atoms with van der Waals surface area (Å²) in [6.07, 6.45) is -3.45. The molecule has 0 aliphatic heterocycles. The van der Waals surface area contributed by atoms with E-state index in [2.05, 4.69) is 20.7 Å². The topological polar surface area (TPSA) is 124 Å². The molecule has 29 heavy (non-hydrogen) atoms. The Hall–Kier alpha value is -3.97. The van der Waals surface area contributed by atoms with Gasteiger partial charge >= 0.3 is 6.18 Å². The summed E-state index contributed by atoms with van der Waals surface area (Å²) in [5.74, 6) is 5.97. The van der Waals surface area contributed by atoms with Crippen LogP contribution < -0.4 is 16.6 Å². The summed E-state index contributed by atoms with van der Waals surface area (Å²) >= 11 is 0. The number of nitriles is 1. The lowest BCUT2D eigenvalue weighted by atomic mass is 10.1. The van der Waals surface area contributed by atoms with Crippen LogP contribution in [0.3, 0.4) is 0 Å². The molecule has 0 spiro atoms. The van der Waals surface area contributed by atoms with Gasteiger partial charge in [-0.15, -0.1) is 0 Å². The van der Waals surface area contributed by atoms with Gasteiger partial charge in [-0.2, -0.15) is 18.4 Å². The summed E-state index contributed by atoms with van der Waals surface area (Å²) in [5, 5.41) is 19.5. The Labute approximate surface area is 163 Å². The van der Waals surface area contributed by atoms with E-state index >= 15 is 0 Å². The Bertz CT molecular complexity index is 1070. The Morgan fingerprint density at radius 1 is 1.00 bits per heavy atom. The minimum absolute atomic E-state index is 0.119. The average Bonchev–Trinajstić information content (AvgIpc) is 2.73. The number of hydrogen-bond donors (Lipinski definition) is 4. The fourth-order valence-electron chi connectivity index (χ4n) is 2.51. The highest BCUT2D eigenvalue weighted by atomic mass is 19.4. The lowest BCUT2D eigenvalue weighted by Gasteiger charge is -2.14. The van der Waals surface area contributed by atoms with Crippen LogP contribution in [-0.4, -0.2) is 16.2 Å². The quantitative estimate of drug-likeness (QED) is 0.292. The van der Waals surface area contributed by atoms with E-state index in [0.717, 1.165) is 18.3 Å². The zero-order valence-corrected chi connectivity index (χ0v) is 14.7. The lowest BCUT2D eigenvalue weighted by molar-refractivity contribution is -0.137. The molecule has 1 heterocycles. The lowest BCUT2D eigenvalue weighted by Crippen LogP contribution is -2.14. The van der Waals surface area contributed by atoms with Gasteiger partial charge in [0.2, 0.25) is 0 Å². The minimum atomic E-state index is -4.45. The van der Waals surface area contributed by atoms with Gasteiger partial charge < -0.3 is 16.2 Å². The molecule has 3 aromatic rings. The summed E-state index contributed by atoms with van der Waals surface area (Å²) < 4.78 is 38.4. The van der Waals surface area contributed by atoms with Crippen molar-refractivity contribution < 1.29 is 13.2 Å². The third-order valence-electron chi connectivity index (χ3n) is 3.97. The standard InChI is InChI=1S/C19H14F3N7/c20-19(21,22)13-5-3-12(4-6-13)16-27-17(15(10-24)18(28-16)29-25)26-14-7-1-11(9-23)2-8-14/h1-8,10,24H,25H2,(H2,26,27,28,29). The van der Waals surface area contributed by atoms with Crippen LogP contribution in [0, 0.1) is 16.7 Å². The molecule has 0 fully saturated rings. The number of hydrogen-bond acceptors (Lipinski definition) is 7. The SMILES string of the molecule is N#Cc1ccc(Nc2nc(-c3ccc(C(F)(F)F)cc3)nc(NN)c2C=N)cc1. The van der Waals surface area contributed by atoms with E-state index in [4.69, 9.17) is 16.5 Å². The Balaban J connectivity index is 2.04. The van der Waals surface area contributed by atoms with Crippen molar-refractivity contribution >= 4 is 23.5 Å². The van der Waals surface area contributed by atoms with Gasteiger partial charge in [-0.1, -0.05) is 12.1 Å². The summed E-state index contributed by atoms with van der Waals surface area (Å²) in [6.45, 7) is 0. The normalized spacial score (nSPS) is 10.9. The molecule has 0 aliphatic rings. The van der Waals surface area contributed by atoms with E-state index in [1.165, 1.54) is 12.1 Å². The van der Waals surface area contributed by atoms with Crippen LogP contribution in [0.2, 0.25) is 0 Å². The minimum Gasteiger partial charge on any atom is -0.339 e. The maximum atomic E-state index is 12.8. The van der Waals surface area contributed by atoms with Gasteiger partial charge in [0.15, 0.2) is 11.6 Å². The van der Waals surface area contributed by atoms with Crippen molar-refractivity contribution in [3.63, 3.8) is 0 Å². The number of benzene rings is 2. The number of nitrogen functional groups attached to an aromatic ring is 1. The number of nitrogens with two attached hydrogens (primary N) is 1. The van der Waals surface area contributed by atoms with Crippen molar-refractivity contribution in [2.24, 2.45) is 5.84 Å². The first-order chi connectivity index (χ1) is 13.9. The number of anilines is 3. The second-order valence-electron chi connectivity index (χ2n) is 5.84. The molecular weight excluding hydrogens is 383 g/mol. The van der Waals surface area contributed by atoms with Crippen molar-refractivity contribution in [1.82, 2.24) is 9.97 Å². The van der Waals surface area contributed by atoms with Crippen LogP contribution >= 0.6 is 0 Å².